The van der Waals surface area contributed by atoms with Gasteiger partial charge in [0.05, 0.1) is 5.92 Å². The third-order valence-corrected chi connectivity index (χ3v) is 4.38. The first-order valence-electron chi connectivity index (χ1n) is 7.34. The third-order valence-electron chi connectivity index (χ3n) is 4.38. The maximum absolute atomic E-state index is 12.2. The van der Waals surface area contributed by atoms with Gasteiger partial charge in [0.2, 0.25) is 11.8 Å². The van der Waals surface area contributed by atoms with E-state index in [-0.39, 0.29) is 18.2 Å². The summed E-state index contributed by atoms with van der Waals surface area (Å²) in [5.74, 6) is 0.397. The van der Waals surface area contributed by atoms with Crippen molar-refractivity contribution >= 4 is 11.9 Å². The zero-order chi connectivity index (χ0) is 15.0. The van der Waals surface area contributed by atoms with Crippen LogP contribution >= 0.6 is 0 Å². The molecule has 1 aliphatic heterocycles. The highest BCUT2D eigenvalue weighted by molar-refractivity contribution is 5.79. The zero-order valence-electron chi connectivity index (χ0n) is 12.0. The average Bonchev–Trinajstić information content (AvgIpc) is 3.05. The summed E-state index contributed by atoms with van der Waals surface area (Å²) >= 11 is 0. The molecule has 0 spiro atoms. The summed E-state index contributed by atoms with van der Waals surface area (Å²) in [7, 11) is 0. The zero-order valence-corrected chi connectivity index (χ0v) is 12.0. The fourth-order valence-electron chi connectivity index (χ4n) is 3.11. The Bertz CT molecular complexity index is 552. The van der Waals surface area contributed by atoms with Crippen LogP contribution in [-0.4, -0.2) is 45.1 Å². The molecule has 2 aliphatic rings. The number of carboxylic acid groups (broad SMARTS) is 1. The van der Waals surface area contributed by atoms with Gasteiger partial charge in [-0.2, -0.15) is 4.98 Å². The predicted octanol–water partition coefficient (Wildman–Crippen LogP) is 0.880. The van der Waals surface area contributed by atoms with Gasteiger partial charge in [0.25, 0.3) is 0 Å². The van der Waals surface area contributed by atoms with Gasteiger partial charge >= 0.3 is 5.97 Å². The van der Waals surface area contributed by atoms with E-state index in [1.165, 1.54) is 0 Å². The fraction of sp³-hybridized carbons (Fsp3) is 0.714. The minimum Gasteiger partial charge on any atom is -0.481 e. The maximum atomic E-state index is 12.2. The van der Waals surface area contributed by atoms with Gasteiger partial charge < -0.3 is 14.5 Å². The normalized spacial score (nSPS) is 25.3. The second-order valence-electron chi connectivity index (χ2n) is 5.98. The molecule has 2 heterocycles. The minimum atomic E-state index is -0.783. The Morgan fingerprint density at radius 2 is 2.14 bits per heavy atom. The molecule has 1 amide bonds. The van der Waals surface area contributed by atoms with E-state index in [0.717, 1.165) is 12.8 Å². The first kappa shape index (κ1) is 14.0. The van der Waals surface area contributed by atoms with Crippen LogP contribution in [0.5, 0.6) is 0 Å². The highest BCUT2D eigenvalue weighted by atomic mass is 16.5. The molecule has 21 heavy (non-hydrogen) atoms. The summed E-state index contributed by atoms with van der Waals surface area (Å²) in [4.78, 5) is 29.3. The van der Waals surface area contributed by atoms with E-state index in [0.29, 0.717) is 37.1 Å². The van der Waals surface area contributed by atoms with Crippen LogP contribution in [-0.2, 0) is 16.0 Å². The molecular weight excluding hydrogens is 274 g/mol. The van der Waals surface area contributed by atoms with Gasteiger partial charge in [-0.05, 0) is 31.6 Å². The Kier molecular flexibility index (Phi) is 3.65. The number of hydrogen-bond donors (Lipinski definition) is 1. The van der Waals surface area contributed by atoms with E-state index >= 15 is 0 Å². The number of aliphatic carboxylic acids is 1. The minimum absolute atomic E-state index is 0.0275. The summed E-state index contributed by atoms with van der Waals surface area (Å²) in [6, 6.07) is 0. The summed E-state index contributed by atoms with van der Waals surface area (Å²) in [6.07, 6.45) is 2.88. The van der Waals surface area contributed by atoms with E-state index in [1.807, 2.05) is 0 Å². The monoisotopic (exact) mass is 293 g/mol. The Morgan fingerprint density at radius 1 is 1.38 bits per heavy atom. The predicted molar refractivity (Wildman–Crippen MR) is 71.3 cm³/mol. The van der Waals surface area contributed by atoms with Crippen molar-refractivity contribution in [3.05, 3.63) is 11.7 Å². The maximum Gasteiger partial charge on any atom is 0.308 e. The lowest BCUT2D eigenvalue weighted by Crippen LogP contribution is -2.30. The SMILES string of the molecule is Cc1noc(CCC(=O)N2C[C@H](C(=O)O)[C@@H](C3CC3)C2)n1. The first-order valence-corrected chi connectivity index (χ1v) is 7.34. The Morgan fingerprint density at radius 3 is 2.71 bits per heavy atom. The number of aromatic nitrogens is 2. The van der Waals surface area contributed by atoms with Gasteiger partial charge in [-0.25, -0.2) is 0 Å². The van der Waals surface area contributed by atoms with E-state index in [1.54, 1.807) is 11.8 Å². The van der Waals surface area contributed by atoms with E-state index in [4.69, 9.17) is 4.52 Å². The molecule has 1 saturated heterocycles. The molecule has 1 aromatic heterocycles. The number of carbonyl (C=O) groups is 2. The second-order valence-corrected chi connectivity index (χ2v) is 5.98. The average molecular weight is 293 g/mol. The van der Waals surface area contributed by atoms with Crippen LogP contribution in [0.3, 0.4) is 0 Å². The summed E-state index contributed by atoms with van der Waals surface area (Å²) in [6.45, 7) is 2.63. The number of carbonyl (C=O) groups excluding carboxylic acids is 1. The molecule has 7 heteroatoms. The summed E-state index contributed by atoms with van der Waals surface area (Å²) in [5.41, 5.74) is 0. The molecule has 1 N–H and O–H groups in total. The summed E-state index contributed by atoms with van der Waals surface area (Å²) in [5, 5.41) is 13.0. The first-order chi connectivity index (χ1) is 10.0. The molecule has 114 valence electrons. The third kappa shape index (κ3) is 3.06. The van der Waals surface area contributed by atoms with Crippen LogP contribution in [0.25, 0.3) is 0 Å². The molecule has 0 bridgehead atoms. The lowest BCUT2D eigenvalue weighted by Gasteiger charge is -2.15. The number of hydrogen-bond acceptors (Lipinski definition) is 5. The molecule has 1 aliphatic carbocycles. The van der Waals surface area contributed by atoms with E-state index in [2.05, 4.69) is 10.1 Å². The van der Waals surface area contributed by atoms with Crippen molar-refractivity contribution in [1.82, 2.24) is 15.0 Å². The largest absolute Gasteiger partial charge is 0.481 e. The molecule has 0 radical (unpaired) electrons. The van der Waals surface area contributed by atoms with Crippen LogP contribution < -0.4 is 0 Å². The van der Waals surface area contributed by atoms with Crippen molar-refractivity contribution in [2.24, 2.45) is 17.8 Å². The molecule has 2 fully saturated rings. The van der Waals surface area contributed by atoms with Gasteiger partial charge in [0.1, 0.15) is 0 Å². The summed E-state index contributed by atoms with van der Waals surface area (Å²) < 4.78 is 4.98. The van der Waals surface area contributed by atoms with E-state index in [9.17, 15) is 14.7 Å². The van der Waals surface area contributed by atoms with Crippen molar-refractivity contribution in [3.63, 3.8) is 0 Å². The molecule has 3 rings (SSSR count). The van der Waals surface area contributed by atoms with Crippen LogP contribution in [0.4, 0.5) is 0 Å². The molecular formula is C14H19N3O4. The second kappa shape index (κ2) is 5.46. The van der Waals surface area contributed by atoms with Crippen LogP contribution in [0, 0.1) is 24.7 Å². The van der Waals surface area contributed by atoms with Gasteiger partial charge in [-0.1, -0.05) is 5.16 Å². The van der Waals surface area contributed by atoms with Crippen molar-refractivity contribution in [2.45, 2.75) is 32.6 Å². The van der Waals surface area contributed by atoms with Crippen molar-refractivity contribution in [2.75, 3.05) is 13.1 Å². The van der Waals surface area contributed by atoms with Gasteiger partial charge in [-0.15, -0.1) is 0 Å². The number of nitrogens with zero attached hydrogens (tertiary/aromatic N) is 3. The number of rotatable bonds is 5. The van der Waals surface area contributed by atoms with Crippen LogP contribution in [0.1, 0.15) is 31.0 Å². The molecule has 0 aromatic carbocycles. The number of amides is 1. The molecule has 0 unspecified atom stereocenters. The number of carboxylic acids is 1. The number of aryl methyl sites for hydroxylation is 2. The standard InChI is InChI=1S/C14H19N3O4/c1-8-15-12(21-16-8)4-5-13(18)17-6-10(9-2-3-9)11(7-17)14(19)20/h9-11H,2-7H2,1H3,(H,19,20)/t10-,11+/m1/s1. The fourth-order valence-corrected chi connectivity index (χ4v) is 3.11. The lowest BCUT2D eigenvalue weighted by atomic mass is 9.92. The van der Waals surface area contributed by atoms with Crippen molar-refractivity contribution in [1.29, 1.82) is 0 Å². The van der Waals surface area contributed by atoms with Gasteiger partial charge in [0.15, 0.2) is 5.82 Å². The van der Waals surface area contributed by atoms with Crippen molar-refractivity contribution < 1.29 is 19.2 Å². The molecule has 1 aromatic rings. The van der Waals surface area contributed by atoms with E-state index < -0.39 is 11.9 Å². The topological polar surface area (TPSA) is 96.5 Å². The van der Waals surface area contributed by atoms with Crippen molar-refractivity contribution in [3.8, 4) is 0 Å². The smallest absolute Gasteiger partial charge is 0.308 e. The van der Waals surface area contributed by atoms with Gasteiger partial charge in [0, 0.05) is 25.9 Å². The lowest BCUT2D eigenvalue weighted by molar-refractivity contribution is -0.142. The number of likely N-dealkylation sites (tertiary alicyclic amines) is 1. The molecule has 7 nitrogen and oxygen atoms in total. The molecule has 2 atom stereocenters. The Hall–Kier alpha value is -1.92. The highest BCUT2D eigenvalue weighted by Gasteiger charge is 2.46. The van der Waals surface area contributed by atoms with Crippen LogP contribution in [0.15, 0.2) is 4.52 Å². The highest BCUT2D eigenvalue weighted by Crippen LogP contribution is 2.44. The molecule has 1 saturated carbocycles. The Labute approximate surface area is 122 Å². The Balaban J connectivity index is 1.56. The quantitative estimate of drug-likeness (QED) is 0.865. The van der Waals surface area contributed by atoms with Crippen LogP contribution in [0.2, 0.25) is 0 Å². The van der Waals surface area contributed by atoms with Gasteiger partial charge in [-0.3, -0.25) is 9.59 Å².